The Labute approximate surface area is 155 Å². The Morgan fingerprint density at radius 2 is 1.89 bits per heavy atom. The molecule has 3 rings (SSSR count). The van der Waals surface area contributed by atoms with E-state index in [1.165, 1.54) is 0 Å². The van der Waals surface area contributed by atoms with Gasteiger partial charge in [-0.05, 0) is 30.0 Å². The van der Waals surface area contributed by atoms with Gasteiger partial charge in [-0.15, -0.1) is 0 Å². The van der Waals surface area contributed by atoms with Crippen LogP contribution in [-0.4, -0.2) is 28.0 Å². The molecule has 1 fully saturated rings. The van der Waals surface area contributed by atoms with E-state index in [1.807, 2.05) is 36.5 Å². The highest BCUT2D eigenvalue weighted by Gasteiger charge is 2.45. The van der Waals surface area contributed by atoms with Gasteiger partial charge in [-0.25, -0.2) is 4.79 Å². The number of amides is 2. The summed E-state index contributed by atoms with van der Waals surface area (Å²) in [7, 11) is 0. The van der Waals surface area contributed by atoms with Crippen LogP contribution in [0.3, 0.4) is 0 Å². The lowest BCUT2D eigenvalue weighted by molar-refractivity contribution is -0.187. The fourth-order valence-electron chi connectivity index (χ4n) is 3.54. The SMILES string of the molecule is O=C(NCc1ccccc1Cn1cccn1)N[C@@H]1CCCC[C@H]1C(F)(F)F. The van der Waals surface area contributed by atoms with E-state index in [0.29, 0.717) is 25.8 Å². The lowest BCUT2D eigenvalue weighted by atomic mass is 9.84. The van der Waals surface area contributed by atoms with Crippen LogP contribution in [0, 0.1) is 5.92 Å². The van der Waals surface area contributed by atoms with Crippen molar-refractivity contribution in [3.63, 3.8) is 0 Å². The van der Waals surface area contributed by atoms with Gasteiger partial charge in [0.25, 0.3) is 0 Å². The van der Waals surface area contributed by atoms with Gasteiger partial charge in [0.15, 0.2) is 0 Å². The number of hydrogen-bond acceptors (Lipinski definition) is 2. The third kappa shape index (κ3) is 5.24. The summed E-state index contributed by atoms with van der Waals surface area (Å²) in [4.78, 5) is 12.2. The highest BCUT2D eigenvalue weighted by atomic mass is 19.4. The number of carbonyl (C=O) groups excluding carboxylic acids is 1. The molecule has 1 heterocycles. The molecule has 0 spiro atoms. The zero-order chi connectivity index (χ0) is 19.3. The minimum absolute atomic E-state index is 0.0706. The van der Waals surface area contributed by atoms with E-state index in [9.17, 15) is 18.0 Å². The van der Waals surface area contributed by atoms with Crippen LogP contribution in [0.15, 0.2) is 42.7 Å². The molecule has 27 heavy (non-hydrogen) atoms. The summed E-state index contributed by atoms with van der Waals surface area (Å²) in [5, 5.41) is 9.38. The summed E-state index contributed by atoms with van der Waals surface area (Å²) in [6.07, 6.45) is 0.922. The number of halogens is 3. The van der Waals surface area contributed by atoms with Crippen molar-refractivity contribution < 1.29 is 18.0 Å². The first-order valence-electron chi connectivity index (χ1n) is 9.09. The Morgan fingerprint density at radius 1 is 1.15 bits per heavy atom. The van der Waals surface area contributed by atoms with Gasteiger partial charge in [0.2, 0.25) is 0 Å². The van der Waals surface area contributed by atoms with Crippen LogP contribution in [-0.2, 0) is 13.1 Å². The second-order valence-corrected chi connectivity index (χ2v) is 6.84. The molecule has 2 atom stereocenters. The van der Waals surface area contributed by atoms with Gasteiger partial charge in [0.1, 0.15) is 0 Å². The Bertz CT molecular complexity index is 746. The Morgan fingerprint density at radius 3 is 2.59 bits per heavy atom. The first kappa shape index (κ1) is 19.3. The van der Waals surface area contributed by atoms with Gasteiger partial charge < -0.3 is 10.6 Å². The Hall–Kier alpha value is -2.51. The van der Waals surface area contributed by atoms with Crippen LogP contribution in [0.1, 0.15) is 36.8 Å². The molecule has 2 amide bonds. The molecule has 5 nitrogen and oxygen atoms in total. The minimum Gasteiger partial charge on any atom is -0.335 e. The van der Waals surface area contributed by atoms with Crippen molar-refractivity contribution in [3.8, 4) is 0 Å². The molecule has 1 aliphatic carbocycles. The molecule has 8 heteroatoms. The third-order valence-electron chi connectivity index (χ3n) is 4.95. The number of aromatic nitrogens is 2. The van der Waals surface area contributed by atoms with Crippen molar-refractivity contribution in [1.82, 2.24) is 20.4 Å². The van der Waals surface area contributed by atoms with Gasteiger partial charge >= 0.3 is 12.2 Å². The van der Waals surface area contributed by atoms with Crippen LogP contribution in [0.2, 0.25) is 0 Å². The lowest BCUT2D eigenvalue weighted by Gasteiger charge is -2.33. The molecule has 1 aromatic heterocycles. The summed E-state index contributed by atoms with van der Waals surface area (Å²) >= 11 is 0. The van der Waals surface area contributed by atoms with Crippen molar-refractivity contribution in [2.24, 2.45) is 5.92 Å². The van der Waals surface area contributed by atoms with Gasteiger partial charge in [-0.3, -0.25) is 4.68 Å². The fourth-order valence-corrected chi connectivity index (χ4v) is 3.54. The summed E-state index contributed by atoms with van der Waals surface area (Å²) in [5.74, 6) is -1.47. The normalized spacial score (nSPS) is 20.3. The molecule has 0 saturated heterocycles. The molecule has 0 unspecified atom stereocenters. The molecule has 0 radical (unpaired) electrons. The minimum atomic E-state index is -4.28. The van der Waals surface area contributed by atoms with Crippen molar-refractivity contribution in [3.05, 3.63) is 53.9 Å². The smallest absolute Gasteiger partial charge is 0.335 e. The predicted octanol–water partition coefficient (Wildman–Crippen LogP) is 3.85. The van der Waals surface area contributed by atoms with Crippen molar-refractivity contribution in [1.29, 1.82) is 0 Å². The van der Waals surface area contributed by atoms with Crippen molar-refractivity contribution in [2.75, 3.05) is 0 Å². The molecular weight excluding hydrogens is 357 g/mol. The summed E-state index contributed by atoms with van der Waals surface area (Å²) in [6, 6.07) is 7.99. The average Bonchev–Trinajstić information content (AvgIpc) is 3.14. The lowest BCUT2D eigenvalue weighted by Crippen LogP contribution is -2.50. The molecule has 1 saturated carbocycles. The average molecular weight is 380 g/mol. The standard InChI is InChI=1S/C19H23F3N4O/c20-19(21,22)16-8-3-4-9-17(16)25-18(27)23-12-14-6-1-2-7-15(14)13-26-11-5-10-24-26/h1-2,5-7,10-11,16-17H,3-4,8-9,12-13H2,(H2,23,25,27)/t16-,17-/m1/s1. The van der Waals surface area contributed by atoms with E-state index in [2.05, 4.69) is 15.7 Å². The predicted molar refractivity (Wildman–Crippen MR) is 94.9 cm³/mol. The molecule has 1 aromatic carbocycles. The maximum absolute atomic E-state index is 13.1. The number of carbonyl (C=O) groups is 1. The van der Waals surface area contributed by atoms with Crippen molar-refractivity contribution >= 4 is 6.03 Å². The number of nitrogens with zero attached hydrogens (tertiary/aromatic N) is 2. The van der Waals surface area contributed by atoms with Crippen LogP contribution in [0.5, 0.6) is 0 Å². The fraction of sp³-hybridized carbons (Fsp3) is 0.474. The monoisotopic (exact) mass is 380 g/mol. The topological polar surface area (TPSA) is 59.0 Å². The van der Waals surface area contributed by atoms with Gasteiger partial charge in [0.05, 0.1) is 12.5 Å². The first-order valence-corrected chi connectivity index (χ1v) is 9.09. The van der Waals surface area contributed by atoms with Crippen LogP contribution in [0.4, 0.5) is 18.0 Å². The molecule has 2 N–H and O–H groups in total. The third-order valence-corrected chi connectivity index (χ3v) is 4.95. The quantitative estimate of drug-likeness (QED) is 0.828. The van der Waals surface area contributed by atoms with Crippen LogP contribution < -0.4 is 10.6 Å². The summed E-state index contributed by atoms with van der Waals surface area (Å²) in [5.41, 5.74) is 1.89. The summed E-state index contributed by atoms with van der Waals surface area (Å²) in [6.45, 7) is 0.803. The number of benzene rings is 1. The number of hydrogen-bond donors (Lipinski definition) is 2. The second kappa shape index (κ2) is 8.45. The molecule has 0 aliphatic heterocycles. The number of nitrogens with one attached hydrogen (secondary N) is 2. The van der Waals surface area contributed by atoms with Gasteiger partial charge in [-0.2, -0.15) is 18.3 Å². The van der Waals surface area contributed by atoms with E-state index >= 15 is 0 Å². The highest BCUT2D eigenvalue weighted by Crippen LogP contribution is 2.37. The van der Waals surface area contributed by atoms with Crippen LogP contribution in [0.25, 0.3) is 0 Å². The maximum atomic E-state index is 13.1. The first-order chi connectivity index (χ1) is 12.9. The Balaban J connectivity index is 1.58. The van der Waals surface area contributed by atoms with Gasteiger partial charge in [0, 0.05) is 25.0 Å². The van der Waals surface area contributed by atoms with E-state index in [0.717, 1.165) is 11.1 Å². The van der Waals surface area contributed by atoms with E-state index in [-0.39, 0.29) is 13.0 Å². The molecule has 1 aliphatic rings. The zero-order valence-electron chi connectivity index (χ0n) is 14.9. The van der Waals surface area contributed by atoms with E-state index in [4.69, 9.17) is 0 Å². The number of alkyl halides is 3. The summed E-state index contributed by atoms with van der Waals surface area (Å²) < 4.78 is 41.2. The van der Waals surface area contributed by atoms with E-state index in [1.54, 1.807) is 10.9 Å². The largest absolute Gasteiger partial charge is 0.393 e. The van der Waals surface area contributed by atoms with Crippen LogP contribution >= 0.6 is 0 Å². The number of urea groups is 1. The van der Waals surface area contributed by atoms with Gasteiger partial charge in [-0.1, -0.05) is 37.1 Å². The highest BCUT2D eigenvalue weighted by molar-refractivity contribution is 5.74. The zero-order valence-corrected chi connectivity index (χ0v) is 14.9. The van der Waals surface area contributed by atoms with E-state index < -0.39 is 24.2 Å². The van der Waals surface area contributed by atoms with Crippen molar-refractivity contribution in [2.45, 2.75) is 51.0 Å². The maximum Gasteiger partial charge on any atom is 0.393 e. The number of rotatable bonds is 5. The molecule has 0 bridgehead atoms. The molecule has 146 valence electrons. The Kier molecular flexibility index (Phi) is 6.03. The second-order valence-electron chi connectivity index (χ2n) is 6.84. The molecule has 2 aromatic rings. The molecular formula is C19H23F3N4O.